The third-order valence-corrected chi connectivity index (χ3v) is 2.71. The van der Waals surface area contributed by atoms with Crippen LogP contribution in [0.2, 0.25) is 5.02 Å². The fourth-order valence-electron chi connectivity index (χ4n) is 1.43. The van der Waals surface area contributed by atoms with Gasteiger partial charge in [0.15, 0.2) is 6.61 Å². The van der Waals surface area contributed by atoms with E-state index in [1.165, 1.54) is 12.3 Å². The Labute approximate surface area is 120 Å². The standard InChI is InChI=1S/C13H12ClN3O3/c14-10-3-1-9(2-4-10)7-15-12(18)8-20-13(19)11-5-6-16-17-11/h1-6H,7-8H2,(H,15,18)(H,16,17). The molecule has 0 fully saturated rings. The Morgan fingerprint density at radius 3 is 2.65 bits per heavy atom. The molecule has 0 radical (unpaired) electrons. The van der Waals surface area contributed by atoms with E-state index in [2.05, 4.69) is 15.5 Å². The molecule has 0 spiro atoms. The van der Waals surface area contributed by atoms with Gasteiger partial charge in [0.05, 0.1) is 0 Å². The lowest BCUT2D eigenvalue weighted by Crippen LogP contribution is -2.28. The fourth-order valence-corrected chi connectivity index (χ4v) is 1.56. The van der Waals surface area contributed by atoms with Crippen molar-refractivity contribution in [1.29, 1.82) is 0 Å². The summed E-state index contributed by atoms with van der Waals surface area (Å²) in [6.07, 6.45) is 1.43. The van der Waals surface area contributed by atoms with Crippen LogP contribution in [-0.2, 0) is 16.1 Å². The summed E-state index contributed by atoms with van der Waals surface area (Å²) in [5.74, 6) is -1.00. The number of carbonyl (C=O) groups excluding carboxylic acids is 2. The minimum absolute atomic E-state index is 0.204. The number of H-pyrrole nitrogens is 1. The van der Waals surface area contributed by atoms with E-state index in [-0.39, 0.29) is 18.2 Å². The largest absolute Gasteiger partial charge is 0.451 e. The van der Waals surface area contributed by atoms with Crippen LogP contribution < -0.4 is 5.32 Å². The Bertz CT molecular complexity index is 581. The maximum Gasteiger partial charge on any atom is 0.356 e. The number of aromatic amines is 1. The zero-order chi connectivity index (χ0) is 14.4. The fraction of sp³-hybridized carbons (Fsp3) is 0.154. The van der Waals surface area contributed by atoms with E-state index in [1.54, 1.807) is 24.3 Å². The highest BCUT2D eigenvalue weighted by atomic mass is 35.5. The highest BCUT2D eigenvalue weighted by Gasteiger charge is 2.10. The predicted octanol–water partition coefficient (Wildman–Crippen LogP) is 1.54. The molecule has 20 heavy (non-hydrogen) atoms. The van der Waals surface area contributed by atoms with E-state index < -0.39 is 5.97 Å². The van der Waals surface area contributed by atoms with Crippen LogP contribution in [-0.4, -0.2) is 28.7 Å². The number of ether oxygens (including phenoxy) is 1. The van der Waals surface area contributed by atoms with E-state index in [0.717, 1.165) is 5.56 Å². The van der Waals surface area contributed by atoms with Crippen molar-refractivity contribution in [2.45, 2.75) is 6.54 Å². The van der Waals surface area contributed by atoms with Crippen molar-refractivity contribution in [2.75, 3.05) is 6.61 Å². The number of aromatic nitrogens is 2. The number of halogens is 1. The first-order valence-corrected chi connectivity index (χ1v) is 6.20. The monoisotopic (exact) mass is 293 g/mol. The molecule has 2 aromatic rings. The van der Waals surface area contributed by atoms with Crippen molar-refractivity contribution in [2.24, 2.45) is 0 Å². The van der Waals surface area contributed by atoms with E-state index in [0.29, 0.717) is 11.6 Å². The number of benzene rings is 1. The number of nitrogens with one attached hydrogen (secondary N) is 2. The number of esters is 1. The van der Waals surface area contributed by atoms with Crippen LogP contribution >= 0.6 is 11.6 Å². The molecule has 0 saturated heterocycles. The van der Waals surface area contributed by atoms with Crippen LogP contribution in [0.1, 0.15) is 16.1 Å². The molecule has 1 amide bonds. The second-order valence-electron chi connectivity index (χ2n) is 3.95. The zero-order valence-corrected chi connectivity index (χ0v) is 11.2. The first-order valence-electron chi connectivity index (χ1n) is 5.83. The van der Waals surface area contributed by atoms with Gasteiger partial charge < -0.3 is 10.1 Å². The van der Waals surface area contributed by atoms with Gasteiger partial charge in [0.2, 0.25) is 0 Å². The van der Waals surface area contributed by atoms with Gasteiger partial charge in [-0.25, -0.2) is 4.79 Å². The summed E-state index contributed by atoms with van der Waals surface area (Å²) in [6, 6.07) is 8.55. The zero-order valence-electron chi connectivity index (χ0n) is 10.4. The lowest BCUT2D eigenvalue weighted by Gasteiger charge is -2.06. The number of carbonyl (C=O) groups is 2. The van der Waals surface area contributed by atoms with Gasteiger partial charge in [-0.3, -0.25) is 9.89 Å². The van der Waals surface area contributed by atoms with Gasteiger partial charge in [0.25, 0.3) is 5.91 Å². The molecular weight excluding hydrogens is 282 g/mol. The third kappa shape index (κ3) is 4.10. The van der Waals surface area contributed by atoms with Crippen LogP contribution in [0.3, 0.4) is 0 Å². The minimum Gasteiger partial charge on any atom is -0.451 e. The molecular formula is C13H12ClN3O3. The van der Waals surface area contributed by atoms with Gasteiger partial charge in [0.1, 0.15) is 5.69 Å². The average molecular weight is 294 g/mol. The Morgan fingerprint density at radius 2 is 2.00 bits per heavy atom. The summed E-state index contributed by atoms with van der Waals surface area (Å²) in [4.78, 5) is 23.0. The molecule has 7 heteroatoms. The van der Waals surface area contributed by atoms with E-state index in [4.69, 9.17) is 16.3 Å². The smallest absolute Gasteiger partial charge is 0.356 e. The van der Waals surface area contributed by atoms with Crippen molar-refractivity contribution in [3.8, 4) is 0 Å². The maximum atomic E-state index is 11.5. The molecule has 1 aromatic heterocycles. The maximum absolute atomic E-state index is 11.5. The van der Waals surface area contributed by atoms with Crippen molar-refractivity contribution in [3.63, 3.8) is 0 Å². The van der Waals surface area contributed by atoms with Crippen molar-refractivity contribution >= 4 is 23.5 Å². The Balaban J connectivity index is 1.73. The van der Waals surface area contributed by atoms with Gasteiger partial charge in [-0.05, 0) is 23.8 Å². The topological polar surface area (TPSA) is 84.1 Å². The lowest BCUT2D eigenvalue weighted by molar-refractivity contribution is -0.124. The van der Waals surface area contributed by atoms with E-state index >= 15 is 0 Å². The summed E-state index contributed by atoms with van der Waals surface area (Å²) in [6.45, 7) is 0.00303. The summed E-state index contributed by atoms with van der Waals surface area (Å²) in [7, 11) is 0. The van der Waals surface area contributed by atoms with Crippen LogP contribution in [0.5, 0.6) is 0 Å². The lowest BCUT2D eigenvalue weighted by atomic mass is 10.2. The van der Waals surface area contributed by atoms with Gasteiger partial charge in [-0.1, -0.05) is 23.7 Å². The highest BCUT2D eigenvalue weighted by molar-refractivity contribution is 6.30. The van der Waals surface area contributed by atoms with Crippen LogP contribution in [0.25, 0.3) is 0 Å². The first kappa shape index (κ1) is 14.1. The second-order valence-corrected chi connectivity index (χ2v) is 4.39. The van der Waals surface area contributed by atoms with Gasteiger partial charge in [-0.15, -0.1) is 0 Å². The van der Waals surface area contributed by atoms with Gasteiger partial charge in [-0.2, -0.15) is 5.10 Å². The molecule has 0 aliphatic heterocycles. The number of hydrogen-bond acceptors (Lipinski definition) is 4. The normalized spacial score (nSPS) is 10.1. The SMILES string of the molecule is O=C(COC(=O)c1ccn[nH]1)NCc1ccc(Cl)cc1. The van der Waals surface area contributed by atoms with Gasteiger partial charge >= 0.3 is 5.97 Å². The molecule has 104 valence electrons. The molecule has 1 heterocycles. The van der Waals surface area contributed by atoms with Crippen LogP contribution in [0.15, 0.2) is 36.5 Å². The summed E-state index contributed by atoms with van der Waals surface area (Å²) >= 11 is 5.75. The van der Waals surface area contributed by atoms with Crippen molar-refractivity contribution < 1.29 is 14.3 Å². The minimum atomic E-state index is -0.621. The molecule has 2 rings (SSSR count). The third-order valence-electron chi connectivity index (χ3n) is 2.46. The van der Waals surface area contributed by atoms with Crippen LogP contribution in [0, 0.1) is 0 Å². The molecule has 0 saturated carbocycles. The number of nitrogens with zero attached hydrogens (tertiary/aromatic N) is 1. The second kappa shape index (κ2) is 6.72. The summed E-state index contributed by atoms with van der Waals surface area (Å²) in [5, 5.41) is 9.34. The number of rotatable bonds is 5. The van der Waals surface area contributed by atoms with Crippen molar-refractivity contribution in [3.05, 3.63) is 52.8 Å². The van der Waals surface area contributed by atoms with E-state index in [9.17, 15) is 9.59 Å². The predicted molar refractivity (Wildman–Crippen MR) is 72.2 cm³/mol. The Kier molecular flexibility index (Phi) is 4.73. The average Bonchev–Trinajstić information content (AvgIpc) is 2.98. The Hall–Kier alpha value is -2.34. The molecule has 0 aliphatic rings. The molecule has 0 bridgehead atoms. The molecule has 6 nitrogen and oxygen atoms in total. The summed E-state index contributed by atoms with van der Waals surface area (Å²) < 4.78 is 4.81. The van der Waals surface area contributed by atoms with Crippen LogP contribution in [0.4, 0.5) is 0 Å². The highest BCUT2D eigenvalue weighted by Crippen LogP contribution is 2.09. The number of hydrogen-bond donors (Lipinski definition) is 2. The molecule has 0 unspecified atom stereocenters. The molecule has 0 aliphatic carbocycles. The number of amides is 1. The summed E-state index contributed by atoms with van der Waals surface area (Å²) in [5.41, 5.74) is 1.11. The molecule has 2 N–H and O–H groups in total. The van der Waals surface area contributed by atoms with E-state index in [1.807, 2.05) is 0 Å². The van der Waals surface area contributed by atoms with Crippen molar-refractivity contribution in [1.82, 2.24) is 15.5 Å². The molecule has 0 atom stereocenters. The molecule has 1 aromatic carbocycles. The quantitative estimate of drug-likeness (QED) is 0.819. The Morgan fingerprint density at radius 1 is 1.25 bits per heavy atom. The van der Waals surface area contributed by atoms with Gasteiger partial charge in [0, 0.05) is 17.8 Å². The first-order chi connectivity index (χ1) is 9.65.